The molecule has 0 rings (SSSR count). The van der Waals surface area contributed by atoms with Crippen molar-refractivity contribution in [3.8, 4) is 0 Å². The molecule has 3 nitrogen and oxygen atoms in total. The van der Waals surface area contributed by atoms with Crippen LogP contribution in [-0.4, -0.2) is 49.5 Å². The molecule has 0 saturated heterocycles. The molecule has 0 radical (unpaired) electrons. The summed E-state index contributed by atoms with van der Waals surface area (Å²) >= 11 is 1.81. The number of carbonyl (C=O) groups excluding carboxylic acids is 1. The number of amides is 1. The minimum absolute atomic E-state index is 0.139. The van der Waals surface area contributed by atoms with Crippen LogP contribution < -0.4 is 5.32 Å². The van der Waals surface area contributed by atoms with Crippen molar-refractivity contribution in [2.24, 2.45) is 0 Å². The zero-order valence-corrected chi connectivity index (χ0v) is 12.6. The maximum absolute atomic E-state index is 11.2. The Kier molecular flexibility index (Phi) is 10.8. The lowest BCUT2D eigenvalue weighted by molar-refractivity contribution is -0.118. The Bertz CT molecular complexity index is 198. The molecule has 1 amide bonds. The fourth-order valence-corrected chi connectivity index (χ4v) is 2.74. The lowest BCUT2D eigenvalue weighted by atomic mass is 10.1. The molecule has 102 valence electrons. The van der Waals surface area contributed by atoms with Crippen LogP contribution in [0.15, 0.2) is 0 Å². The first kappa shape index (κ1) is 16.8. The molecule has 0 fully saturated rings. The van der Waals surface area contributed by atoms with Gasteiger partial charge in [0.1, 0.15) is 0 Å². The second kappa shape index (κ2) is 10.9. The first-order chi connectivity index (χ1) is 8.10. The molecule has 0 aromatic rings. The third kappa shape index (κ3) is 10.6. The molecule has 0 aliphatic rings. The fourth-order valence-electron chi connectivity index (χ4n) is 1.60. The van der Waals surface area contributed by atoms with Crippen molar-refractivity contribution in [2.75, 3.05) is 33.4 Å². The number of thioether (sulfide) groups is 1. The van der Waals surface area contributed by atoms with Crippen LogP contribution in [0.1, 0.15) is 39.0 Å². The normalized spacial score (nSPS) is 12.8. The zero-order valence-electron chi connectivity index (χ0n) is 11.8. The summed E-state index contributed by atoms with van der Waals surface area (Å²) in [4.78, 5) is 13.5. The third-order valence-electron chi connectivity index (χ3n) is 2.76. The molecule has 0 aliphatic carbocycles. The highest BCUT2D eigenvalue weighted by molar-refractivity contribution is 8.00. The van der Waals surface area contributed by atoms with Gasteiger partial charge in [0.15, 0.2) is 0 Å². The predicted molar refractivity (Wildman–Crippen MR) is 77.6 cm³/mol. The summed E-state index contributed by atoms with van der Waals surface area (Å²) in [5.74, 6) is 0.737. The number of rotatable bonds is 10. The van der Waals surface area contributed by atoms with E-state index in [0.29, 0.717) is 11.0 Å². The third-order valence-corrected chi connectivity index (χ3v) is 4.13. The number of nitrogens with one attached hydrogen (secondary N) is 1. The first-order valence-electron chi connectivity index (χ1n) is 6.57. The highest BCUT2D eigenvalue weighted by Gasteiger charge is 2.11. The number of carbonyl (C=O) groups is 1. The van der Waals surface area contributed by atoms with Gasteiger partial charge < -0.3 is 10.2 Å². The number of hydrogen-bond acceptors (Lipinski definition) is 3. The van der Waals surface area contributed by atoms with Crippen LogP contribution in [0.2, 0.25) is 0 Å². The van der Waals surface area contributed by atoms with Crippen LogP contribution in [0.5, 0.6) is 0 Å². The van der Waals surface area contributed by atoms with E-state index < -0.39 is 0 Å². The van der Waals surface area contributed by atoms with E-state index in [2.05, 4.69) is 31.2 Å². The molecule has 0 spiro atoms. The van der Waals surface area contributed by atoms with Crippen LogP contribution in [-0.2, 0) is 4.79 Å². The SMILES string of the molecule is CCCCCC(CCN(C)C)SCC(=O)NC. The lowest BCUT2D eigenvalue weighted by Crippen LogP contribution is -2.23. The van der Waals surface area contributed by atoms with Crippen LogP contribution in [0.3, 0.4) is 0 Å². The average Bonchev–Trinajstić information content (AvgIpc) is 2.31. The first-order valence-corrected chi connectivity index (χ1v) is 7.62. The van der Waals surface area contributed by atoms with Gasteiger partial charge in [-0.3, -0.25) is 4.79 Å². The Hall–Kier alpha value is -0.220. The van der Waals surface area contributed by atoms with Gasteiger partial charge in [0.2, 0.25) is 5.91 Å². The lowest BCUT2D eigenvalue weighted by Gasteiger charge is -2.18. The molecule has 0 aromatic heterocycles. The standard InChI is InChI=1S/C13H28N2OS/c1-5-6-7-8-12(9-10-15(3)4)17-11-13(16)14-2/h12H,5-11H2,1-4H3,(H,14,16). The Labute approximate surface area is 111 Å². The highest BCUT2D eigenvalue weighted by Crippen LogP contribution is 2.21. The van der Waals surface area contributed by atoms with Gasteiger partial charge >= 0.3 is 0 Å². The molecule has 0 aliphatic heterocycles. The molecule has 0 bridgehead atoms. The summed E-state index contributed by atoms with van der Waals surface area (Å²) in [6.07, 6.45) is 6.27. The maximum atomic E-state index is 11.2. The van der Waals surface area contributed by atoms with Crippen molar-refractivity contribution < 1.29 is 4.79 Å². The van der Waals surface area contributed by atoms with Gasteiger partial charge in [0.05, 0.1) is 5.75 Å². The van der Waals surface area contributed by atoms with Crippen molar-refractivity contribution in [1.82, 2.24) is 10.2 Å². The molecule has 0 saturated carbocycles. The summed E-state index contributed by atoms with van der Waals surface area (Å²) in [6.45, 7) is 3.34. The van der Waals surface area contributed by atoms with E-state index in [1.165, 1.54) is 32.1 Å². The van der Waals surface area contributed by atoms with Gasteiger partial charge in [0.25, 0.3) is 0 Å². The fraction of sp³-hybridized carbons (Fsp3) is 0.923. The second-order valence-electron chi connectivity index (χ2n) is 4.69. The molecule has 0 aromatic carbocycles. The number of hydrogen-bond donors (Lipinski definition) is 1. The van der Waals surface area contributed by atoms with E-state index in [4.69, 9.17) is 0 Å². The molecule has 17 heavy (non-hydrogen) atoms. The van der Waals surface area contributed by atoms with E-state index >= 15 is 0 Å². The van der Waals surface area contributed by atoms with Gasteiger partial charge in [-0.05, 0) is 33.5 Å². The Morgan fingerprint density at radius 3 is 2.53 bits per heavy atom. The number of nitrogens with zero attached hydrogens (tertiary/aromatic N) is 1. The number of unbranched alkanes of at least 4 members (excludes halogenated alkanes) is 2. The van der Waals surface area contributed by atoms with Crippen molar-refractivity contribution >= 4 is 17.7 Å². The molecular weight excluding hydrogens is 232 g/mol. The average molecular weight is 260 g/mol. The Morgan fingerprint density at radius 2 is 2.00 bits per heavy atom. The summed E-state index contributed by atoms with van der Waals surface area (Å²) in [5.41, 5.74) is 0. The monoisotopic (exact) mass is 260 g/mol. The molecule has 1 atom stereocenters. The van der Waals surface area contributed by atoms with Crippen LogP contribution >= 0.6 is 11.8 Å². The minimum Gasteiger partial charge on any atom is -0.358 e. The van der Waals surface area contributed by atoms with Crippen LogP contribution in [0, 0.1) is 0 Å². The molecular formula is C13H28N2OS. The topological polar surface area (TPSA) is 32.3 Å². The van der Waals surface area contributed by atoms with Gasteiger partial charge in [-0.1, -0.05) is 26.2 Å². The quantitative estimate of drug-likeness (QED) is 0.612. The largest absolute Gasteiger partial charge is 0.358 e. The van der Waals surface area contributed by atoms with E-state index in [0.717, 1.165) is 6.54 Å². The van der Waals surface area contributed by atoms with Gasteiger partial charge in [-0.15, -0.1) is 11.8 Å². The van der Waals surface area contributed by atoms with Crippen molar-refractivity contribution in [3.05, 3.63) is 0 Å². The van der Waals surface area contributed by atoms with Crippen LogP contribution in [0.25, 0.3) is 0 Å². The Morgan fingerprint density at radius 1 is 1.29 bits per heavy atom. The van der Waals surface area contributed by atoms with Gasteiger partial charge in [0, 0.05) is 12.3 Å². The molecule has 1 unspecified atom stereocenters. The van der Waals surface area contributed by atoms with E-state index in [9.17, 15) is 4.79 Å². The molecule has 0 heterocycles. The van der Waals surface area contributed by atoms with E-state index in [1.54, 1.807) is 7.05 Å². The Balaban J connectivity index is 3.87. The second-order valence-corrected chi connectivity index (χ2v) is 5.98. The van der Waals surface area contributed by atoms with E-state index in [-0.39, 0.29) is 5.91 Å². The maximum Gasteiger partial charge on any atom is 0.229 e. The van der Waals surface area contributed by atoms with Gasteiger partial charge in [-0.2, -0.15) is 0 Å². The minimum atomic E-state index is 0.139. The van der Waals surface area contributed by atoms with Crippen molar-refractivity contribution in [1.29, 1.82) is 0 Å². The van der Waals surface area contributed by atoms with Crippen molar-refractivity contribution in [2.45, 2.75) is 44.3 Å². The summed E-state index contributed by atoms with van der Waals surface area (Å²) in [5, 5.41) is 3.31. The van der Waals surface area contributed by atoms with Gasteiger partial charge in [-0.25, -0.2) is 0 Å². The predicted octanol–water partition coefficient (Wildman–Crippen LogP) is 2.37. The summed E-state index contributed by atoms with van der Waals surface area (Å²) < 4.78 is 0. The summed E-state index contributed by atoms with van der Waals surface area (Å²) in [7, 11) is 5.91. The molecule has 1 N–H and O–H groups in total. The molecule has 4 heteroatoms. The smallest absolute Gasteiger partial charge is 0.229 e. The van der Waals surface area contributed by atoms with Crippen molar-refractivity contribution in [3.63, 3.8) is 0 Å². The zero-order chi connectivity index (χ0) is 13.1. The van der Waals surface area contributed by atoms with E-state index in [1.807, 2.05) is 11.8 Å². The summed E-state index contributed by atoms with van der Waals surface area (Å²) in [6, 6.07) is 0. The van der Waals surface area contributed by atoms with Crippen LogP contribution in [0.4, 0.5) is 0 Å². The highest BCUT2D eigenvalue weighted by atomic mass is 32.2.